The molecule has 0 spiro atoms. The SMILES string of the molecule is C#CC[N+](C)(C)C(I)CCC.[Cl-]. The van der Waals surface area contributed by atoms with E-state index in [1.54, 1.807) is 0 Å². The van der Waals surface area contributed by atoms with Crippen molar-refractivity contribution in [2.45, 2.75) is 23.8 Å². The lowest BCUT2D eigenvalue weighted by Crippen LogP contribution is -3.00. The van der Waals surface area contributed by atoms with Crippen molar-refractivity contribution in [2.75, 3.05) is 20.6 Å². The highest BCUT2D eigenvalue weighted by Gasteiger charge is 2.22. The Bertz CT molecular complexity index is 151. The highest BCUT2D eigenvalue weighted by atomic mass is 127. The van der Waals surface area contributed by atoms with Gasteiger partial charge in [0.1, 0.15) is 10.6 Å². The zero-order valence-electron chi connectivity index (χ0n) is 7.98. The summed E-state index contributed by atoms with van der Waals surface area (Å²) in [4.78, 5) is 0. The summed E-state index contributed by atoms with van der Waals surface area (Å²) >= 11 is 2.48. The maximum absolute atomic E-state index is 5.28. The molecule has 0 aromatic carbocycles. The Morgan fingerprint density at radius 3 is 2.33 bits per heavy atom. The van der Waals surface area contributed by atoms with Crippen LogP contribution in [-0.2, 0) is 0 Å². The molecule has 1 unspecified atom stereocenters. The van der Waals surface area contributed by atoms with Crippen LogP contribution in [-0.4, -0.2) is 29.2 Å². The van der Waals surface area contributed by atoms with E-state index in [2.05, 4.69) is 49.5 Å². The summed E-state index contributed by atoms with van der Waals surface area (Å²) in [6.45, 7) is 3.04. The fourth-order valence-corrected chi connectivity index (χ4v) is 1.74. The Labute approximate surface area is 96.0 Å². The lowest BCUT2D eigenvalue weighted by Gasteiger charge is -2.32. The van der Waals surface area contributed by atoms with Crippen LogP contribution in [0.4, 0.5) is 0 Å². The van der Waals surface area contributed by atoms with Crippen LogP contribution < -0.4 is 12.4 Å². The van der Waals surface area contributed by atoms with Gasteiger partial charge in [0.25, 0.3) is 0 Å². The van der Waals surface area contributed by atoms with Crippen molar-refractivity contribution in [1.29, 1.82) is 0 Å². The molecular weight excluding hydrogens is 284 g/mol. The van der Waals surface area contributed by atoms with E-state index in [1.165, 1.54) is 12.8 Å². The molecule has 0 heterocycles. The molecule has 72 valence electrons. The van der Waals surface area contributed by atoms with Crippen molar-refractivity contribution in [1.82, 2.24) is 0 Å². The van der Waals surface area contributed by atoms with E-state index in [1.807, 2.05) is 0 Å². The molecule has 0 aliphatic rings. The van der Waals surface area contributed by atoms with Gasteiger partial charge in [-0.25, -0.2) is 0 Å². The van der Waals surface area contributed by atoms with Gasteiger partial charge in [-0.2, -0.15) is 0 Å². The third-order valence-electron chi connectivity index (χ3n) is 1.78. The summed E-state index contributed by atoms with van der Waals surface area (Å²) in [5.41, 5.74) is 0. The second-order valence-corrected chi connectivity index (χ2v) is 4.80. The predicted octanol–water partition coefficient (Wildman–Crippen LogP) is -0.739. The molecule has 0 aromatic heterocycles. The van der Waals surface area contributed by atoms with Crippen molar-refractivity contribution in [2.24, 2.45) is 0 Å². The third-order valence-corrected chi connectivity index (χ3v) is 3.91. The number of nitrogens with zero attached hydrogens (tertiary/aromatic N) is 1. The molecular formula is C9H17ClIN. The Balaban J connectivity index is 0. The molecule has 0 radical (unpaired) electrons. The van der Waals surface area contributed by atoms with Crippen LogP contribution in [0.3, 0.4) is 0 Å². The fraction of sp³-hybridized carbons (Fsp3) is 0.778. The van der Waals surface area contributed by atoms with Gasteiger partial charge in [0.05, 0.1) is 14.1 Å². The van der Waals surface area contributed by atoms with Crippen LogP contribution in [0.25, 0.3) is 0 Å². The average molecular weight is 302 g/mol. The monoisotopic (exact) mass is 301 g/mol. The molecule has 3 heteroatoms. The van der Waals surface area contributed by atoms with E-state index in [-0.39, 0.29) is 12.4 Å². The largest absolute Gasteiger partial charge is 1.00 e. The zero-order valence-corrected chi connectivity index (χ0v) is 10.9. The van der Waals surface area contributed by atoms with Gasteiger partial charge in [-0.05, 0) is 34.9 Å². The second-order valence-electron chi connectivity index (χ2n) is 3.36. The second kappa shape index (κ2) is 6.99. The molecule has 0 fully saturated rings. The maximum atomic E-state index is 5.28. The molecule has 1 nitrogen and oxygen atoms in total. The zero-order chi connectivity index (χ0) is 8.91. The summed E-state index contributed by atoms with van der Waals surface area (Å²) in [6.07, 6.45) is 7.76. The minimum atomic E-state index is 0. The third kappa shape index (κ3) is 5.23. The molecule has 0 aliphatic heterocycles. The van der Waals surface area contributed by atoms with E-state index >= 15 is 0 Å². The summed E-state index contributed by atoms with van der Waals surface area (Å²) in [5.74, 6) is 2.71. The van der Waals surface area contributed by atoms with Crippen LogP contribution in [0.15, 0.2) is 0 Å². The van der Waals surface area contributed by atoms with Gasteiger partial charge in [-0.1, -0.05) is 6.92 Å². The number of rotatable bonds is 4. The molecule has 0 rings (SSSR count). The van der Waals surface area contributed by atoms with E-state index in [0.29, 0.717) is 4.05 Å². The van der Waals surface area contributed by atoms with E-state index in [9.17, 15) is 0 Å². The number of halogens is 2. The molecule has 0 bridgehead atoms. The van der Waals surface area contributed by atoms with E-state index < -0.39 is 0 Å². The van der Waals surface area contributed by atoms with Crippen LogP contribution in [0, 0.1) is 12.3 Å². The van der Waals surface area contributed by atoms with Crippen molar-refractivity contribution in [3.05, 3.63) is 0 Å². The Morgan fingerprint density at radius 2 is 2.00 bits per heavy atom. The van der Waals surface area contributed by atoms with Gasteiger partial charge >= 0.3 is 0 Å². The van der Waals surface area contributed by atoms with E-state index in [4.69, 9.17) is 6.42 Å². The van der Waals surface area contributed by atoms with Gasteiger partial charge < -0.3 is 16.9 Å². The Morgan fingerprint density at radius 1 is 1.50 bits per heavy atom. The molecule has 0 saturated heterocycles. The van der Waals surface area contributed by atoms with Crippen LogP contribution in [0.1, 0.15) is 19.8 Å². The first kappa shape index (κ1) is 15.0. The summed E-state index contributed by atoms with van der Waals surface area (Å²) < 4.78 is 1.58. The van der Waals surface area contributed by atoms with E-state index in [0.717, 1.165) is 11.0 Å². The summed E-state index contributed by atoms with van der Waals surface area (Å²) in [6, 6.07) is 0. The quantitative estimate of drug-likeness (QED) is 0.211. The highest BCUT2D eigenvalue weighted by Crippen LogP contribution is 2.18. The predicted molar refractivity (Wildman–Crippen MR) is 58.5 cm³/mol. The van der Waals surface area contributed by atoms with Gasteiger partial charge in [-0.15, -0.1) is 6.42 Å². The first-order chi connectivity index (χ1) is 5.04. The number of quaternary nitrogens is 1. The normalized spacial score (nSPS) is 12.9. The smallest absolute Gasteiger partial charge is 0.141 e. The minimum absolute atomic E-state index is 0. The van der Waals surface area contributed by atoms with Crippen LogP contribution in [0.2, 0.25) is 0 Å². The lowest BCUT2D eigenvalue weighted by atomic mass is 10.3. The highest BCUT2D eigenvalue weighted by molar-refractivity contribution is 14.1. The standard InChI is InChI=1S/C9H17IN.ClH/c1-5-7-9(10)11(3,4)8-6-2;/h2,9H,5,7-8H2,1,3-4H3;1H/q+1;/p-1. The first-order valence-electron chi connectivity index (χ1n) is 3.94. The number of alkyl halides is 1. The molecule has 0 amide bonds. The number of terminal acetylenes is 1. The van der Waals surface area contributed by atoms with Crippen molar-refractivity contribution in [3.63, 3.8) is 0 Å². The minimum Gasteiger partial charge on any atom is -1.00 e. The molecule has 0 N–H and O–H groups in total. The maximum Gasteiger partial charge on any atom is 0.141 e. The molecule has 0 saturated carbocycles. The van der Waals surface area contributed by atoms with Crippen molar-refractivity contribution in [3.8, 4) is 12.3 Å². The van der Waals surface area contributed by atoms with Crippen LogP contribution >= 0.6 is 22.6 Å². The van der Waals surface area contributed by atoms with Gasteiger partial charge in [0, 0.05) is 6.42 Å². The van der Waals surface area contributed by atoms with Gasteiger partial charge in [0.15, 0.2) is 0 Å². The Hall–Kier alpha value is 0.540. The topological polar surface area (TPSA) is 0 Å². The van der Waals surface area contributed by atoms with Crippen molar-refractivity contribution < 1.29 is 16.9 Å². The lowest BCUT2D eigenvalue weighted by molar-refractivity contribution is -0.889. The summed E-state index contributed by atoms with van der Waals surface area (Å²) in [7, 11) is 4.37. The molecule has 0 aliphatic carbocycles. The molecule has 1 atom stereocenters. The number of hydrogen-bond donors (Lipinski definition) is 0. The molecule has 0 aromatic rings. The Kier molecular flexibility index (Phi) is 8.76. The van der Waals surface area contributed by atoms with Gasteiger partial charge in [-0.3, -0.25) is 0 Å². The van der Waals surface area contributed by atoms with Gasteiger partial charge in [0.2, 0.25) is 0 Å². The van der Waals surface area contributed by atoms with Crippen molar-refractivity contribution >= 4 is 22.6 Å². The first-order valence-corrected chi connectivity index (χ1v) is 5.19. The average Bonchev–Trinajstić information content (AvgIpc) is 1.88. The molecule has 12 heavy (non-hydrogen) atoms. The fourth-order valence-electron chi connectivity index (χ4n) is 0.922. The summed E-state index contributed by atoms with van der Waals surface area (Å²) in [5, 5.41) is 0. The van der Waals surface area contributed by atoms with Crippen LogP contribution in [0.5, 0.6) is 0 Å². The number of hydrogen-bond acceptors (Lipinski definition) is 0.